The van der Waals surface area contributed by atoms with E-state index in [0.717, 1.165) is 11.6 Å². The van der Waals surface area contributed by atoms with E-state index >= 15 is 4.39 Å². The van der Waals surface area contributed by atoms with Crippen molar-refractivity contribution < 1.29 is 22.3 Å². The smallest absolute Gasteiger partial charge is 0.243 e. The Hall–Kier alpha value is -3.46. The topological polar surface area (TPSA) is 140 Å². The number of hydrogen-bond acceptors (Lipinski definition) is 11. The predicted octanol–water partition coefficient (Wildman–Crippen LogP) is 1.21. The van der Waals surface area contributed by atoms with Crippen LogP contribution in [0.15, 0.2) is 35.5 Å². The van der Waals surface area contributed by atoms with Crippen molar-refractivity contribution >= 4 is 33.4 Å². The number of rotatable bonds is 5. The fourth-order valence-electron chi connectivity index (χ4n) is 4.88. The van der Waals surface area contributed by atoms with E-state index in [1.54, 1.807) is 17.3 Å². The molecule has 0 amide bonds. The standard InChI is InChI=1S/C24H27FN8O4S/c25-19-13-17(38(34,35)32-7-11-37-12-8-32)1-2-20(19)33-4-3-18-21(16-14-27-23(26)28-15-16)29-24(30-22(18)33)31-5-9-36-10-6-31/h1-2,13-15H,3-12H2,(H2,26,27,28). The molecule has 0 saturated carbocycles. The maximum Gasteiger partial charge on any atom is 0.243 e. The number of nitrogens with zero attached hydrogens (tertiary/aromatic N) is 7. The van der Waals surface area contributed by atoms with Gasteiger partial charge in [-0.3, -0.25) is 0 Å². The number of nitrogen functional groups attached to an aromatic ring is 1. The van der Waals surface area contributed by atoms with Crippen LogP contribution in [0.2, 0.25) is 0 Å². The highest BCUT2D eigenvalue weighted by Crippen LogP contribution is 2.40. The fraction of sp³-hybridized carbons (Fsp3) is 0.417. The Bertz CT molecular complexity index is 1440. The molecule has 3 aliphatic heterocycles. The largest absolute Gasteiger partial charge is 0.379 e. The molecule has 0 atom stereocenters. The number of ether oxygens (including phenoxy) is 2. The molecule has 3 aromatic rings. The average molecular weight is 543 g/mol. The summed E-state index contributed by atoms with van der Waals surface area (Å²) in [5.41, 5.74) is 8.11. The molecule has 38 heavy (non-hydrogen) atoms. The van der Waals surface area contributed by atoms with Gasteiger partial charge in [-0.2, -0.15) is 9.29 Å². The summed E-state index contributed by atoms with van der Waals surface area (Å²) in [5, 5.41) is 0. The summed E-state index contributed by atoms with van der Waals surface area (Å²) >= 11 is 0. The number of nitrogens with two attached hydrogens (primary N) is 1. The van der Waals surface area contributed by atoms with Crippen LogP contribution in [0.25, 0.3) is 11.3 Å². The van der Waals surface area contributed by atoms with Crippen LogP contribution in [-0.4, -0.2) is 91.8 Å². The molecule has 0 radical (unpaired) electrons. The van der Waals surface area contributed by atoms with Crippen molar-refractivity contribution in [2.75, 3.05) is 74.7 Å². The third-order valence-electron chi connectivity index (χ3n) is 6.87. The number of anilines is 4. The molecule has 0 bridgehead atoms. The number of fused-ring (bicyclic) bond motifs is 1. The summed E-state index contributed by atoms with van der Waals surface area (Å²) in [6.45, 7) is 3.92. The lowest BCUT2D eigenvalue weighted by molar-refractivity contribution is 0.0730. The van der Waals surface area contributed by atoms with E-state index in [2.05, 4.69) is 9.97 Å². The molecule has 2 N–H and O–H groups in total. The molecule has 0 spiro atoms. The van der Waals surface area contributed by atoms with Gasteiger partial charge in [-0.05, 0) is 24.6 Å². The molecule has 14 heteroatoms. The summed E-state index contributed by atoms with van der Waals surface area (Å²) in [4.78, 5) is 21.6. The fourth-order valence-corrected chi connectivity index (χ4v) is 6.31. The zero-order chi connectivity index (χ0) is 26.3. The number of hydrogen-bond donors (Lipinski definition) is 1. The van der Waals surface area contributed by atoms with E-state index in [1.165, 1.54) is 16.4 Å². The molecule has 0 aliphatic carbocycles. The van der Waals surface area contributed by atoms with Gasteiger partial charge in [0.1, 0.15) is 11.6 Å². The van der Waals surface area contributed by atoms with E-state index < -0.39 is 15.8 Å². The van der Waals surface area contributed by atoms with Gasteiger partial charge in [0.15, 0.2) is 0 Å². The Labute approximate surface area is 219 Å². The zero-order valence-electron chi connectivity index (χ0n) is 20.6. The van der Waals surface area contributed by atoms with Gasteiger partial charge in [0.25, 0.3) is 0 Å². The number of halogens is 1. The molecule has 5 heterocycles. The maximum atomic E-state index is 15.6. The monoisotopic (exact) mass is 542 g/mol. The lowest BCUT2D eigenvalue weighted by atomic mass is 10.1. The number of morpholine rings is 2. The predicted molar refractivity (Wildman–Crippen MR) is 137 cm³/mol. The summed E-state index contributed by atoms with van der Waals surface area (Å²) in [6.07, 6.45) is 3.79. The molecule has 2 aromatic heterocycles. The van der Waals surface area contributed by atoms with Crippen molar-refractivity contribution in [2.45, 2.75) is 11.3 Å². The molecule has 0 unspecified atom stereocenters. The van der Waals surface area contributed by atoms with Gasteiger partial charge in [0.2, 0.25) is 21.9 Å². The van der Waals surface area contributed by atoms with Crippen molar-refractivity contribution in [3.8, 4) is 11.3 Å². The van der Waals surface area contributed by atoms with Gasteiger partial charge >= 0.3 is 0 Å². The molecule has 2 fully saturated rings. The van der Waals surface area contributed by atoms with Crippen LogP contribution in [0.4, 0.5) is 27.8 Å². The Morgan fingerprint density at radius 2 is 1.61 bits per heavy atom. The van der Waals surface area contributed by atoms with E-state index in [-0.39, 0.29) is 29.6 Å². The molecule has 200 valence electrons. The molecular weight excluding hydrogens is 515 g/mol. The molecule has 6 rings (SSSR count). The first-order chi connectivity index (χ1) is 18.4. The summed E-state index contributed by atoms with van der Waals surface area (Å²) < 4.78 is 53.7. The number of sulfonamides is 1. The first-order valence-electron chi connectivity index (χ1n) is 12.4. The van der Waals surface area contributed by atoms with Gasteiger partial charge in [0, 0.05) is 56.2 Å². The Balaban J connectivity index is 1.39. The van der Waals surface area contributed by atoms with Crippen LogP contribution in [-0.2, 0) is 25.9 Å². The van der Waals surface area contributed by atoms with Crippen LogP contribution in [0.1, 0.15) is 5.56 Å². The quantitative estimate of drug-likeness (QED) is 0.497. The first kappa shape index (κ1) is 24.9. The summed E-state index contributed by atoms with van der Waals surface area (Å²) in [7, 11) is -3.83. The minimum Gasteiger partial charge on any atom is -0.379 e. The van der Waals surface area contributed by atoms with Crippen LogP contribution in [0.5, 0.6) is 0 Å². The molecular formula is C24H27FN8O4S. The molecule has 3 aliphatic rings. The highest BCUT2D eigenvalue weighted by Gasteiger charge is 2.32. The third-order valence-corrected chi connectivity index (χ3v) is 8.77. The molecule has 2 saturated heterocycles. The minimum atomic E-state index is -3.83. The second kappa shape index (κ2) is 10.0. The van der Waals surface area contributed by atoms with Gasteiger partial charge in [0.05, 0.1) is 42.7 Å². The van der Waals surface area contributed by atoms with Gasteiger partial charge in [-0.1, -0.05) is 0 Å². The van der Waals surface area contributed by atoms with Gasteiger partial charge in [-0.25, -0.2) is 27.8 Å². The van der Waals surface area contributed by atoms with E-state index in [4.69, 9.17) is 25.2 Å². The number of aromatic nitrogens is 4. The van der Waals surface area contributed by atoms with Gasteiger partial charge in [-0.15, -0.1) is 0 Å². The van der Waals surface area contributed by atoms with Crippen molar-refractivity contribution in [1.82, 2.24) is 24.2 Å². The first-order valence-corrected chi connectivity index (χ1v) is 13.8. The van der Waals surface area contributed by atoms with E-state index in [1.807, 2.05) is 4.90 Å². The van der Waals surface area contributed by atoms with E-state index in [9.17, 15) is 8.42 Å². The highest BCUT2D eigenvalue weighted by atomic mass is 32.2. The van der Waals surface area contributed by atoms with Crippen LogP contribution in [0, 0.1) is 5.82 Å². The number of benzene rings is 1. The van der Waals surface area contributed by atoms with Crippen molar-refractivity contribution in [1.29, 1.82) is 0 Å². The van der Waals surface area contributed by atoms with Crippen molar-refractivity contribution in [3.63, 3.8) is 0 Å². The maximum absolute atomic E-state index is 15.6. The SMILES string of the molecule is Nc1ncc(-c2nc(N3CCOCC3)nc3c2CCN3c2ccc(S(=O)(=O)N3CCOCC3)cc2F)cn1. The minimum absolute atomic E-state index is 0.0866. The van der Waals surface area contributed by atoms with E-state index in [0.29, 0.717) is 75.5 Å². The Morgan fingerprint density at radius 3 is 2.29 bits per heavy atom. The summed E-state index contributed by atoms with van der Waals surface area (Å²) in [6, 6.07) is 4.03. The normalized spacial score (nSPS) is 18.6. The second-order valence-corrected chi connectivity index (χ2v) is 11.1. The van der Waals surface area contributed by atoms with Crippen molar-refractivity contribution in [2.24, 2.45) is 0 Å². The molecule has 1 aromatic carbocycles. The summed E-state index contributed by atoms with van der Waals surface area (Å²) in [5.74, 6) is 0.577. The van der Waals surface area contributed by atoms with Crippen LogP contribution in [0.3, 0.4) is 0 Å². The van der Waals surface area contributed by atoms with Gasteiger partial charge < -0.3 is 25.0 Å². The lowest BCUT2D eigenvalue weighted by Crippen LogP contribution is -2.40. The second-order valence-electron chi connectivity index (χ2n) is 9.14. The third kappa shape index (κ3) is 4.53. The van der Waals surface area contributed by atoms with Crippen molar-refractivity contribution in [3.05, 3.63) is 42.0 Å². The lowest BCUT2D eigenvalue weighted by Gasteiger charge is -2.28. The zero-order valence-corrected chi connectivity index (χ0v) is 21.4. The average Bonchev–Trinajstić information content (AvgIpc) is 3.38. The highest BCUT2D eigenvalue weighted by molar-refractivity contribution is 7.89. The molecule has 12 nitrogen and oxygen atoms in total. The Morgan fingerprint density at radius 1 is 0.921 bits per heavy atom. The Kier molecular flexibility index (Phi) is 6.55. The van der Waals surface area contributed by atoms with Crippen LogP contribution < -0.4 is 15.5 Å². The van der Waals surface area contributed by atoms with Crippen LogP contribution >= 0.6 is 0 Å².